The van der Waals surface area contributed by atoms with E-state index >= 15 is 0 Å². The van der Waals surface area contributed by atoms with E-state index < -0.39 is 0 Å². The molecule has 0 saturated heterocycles. The molecule has 0 saturated carbocycles. The standard InChI is InChI=1S/C13H12N2O/c1-2-5-10(6-3-1)11-9-16-12-7-4-8-14-13(12)15-11/h1-8,11H,9H2,(H,14,15). The van der Waals surface area contributed by atoms with Gasteiger partial charge in [0.25, 0.3) is 0 Å². The fraction of sp³-hybridized carbons (Fsp3) is 0.154. The van der Waals surface area contributed by atoms with Crippen LogP contribution in [0.3, 0.4) is 0 Å². The molecule has 0 spiro atoms. The van der Waals surface area contributed by atoms with E-state index in [1.807, 2.05) is 30.3 Å². The maximum absolute atomic E-state index is 5.67. The Balaban J connectivity index is 1.89. The molecule has 0 radical (unpaired) electrons. The number of anilines is 1. The molecule has 1 aromatic heterocycles. The van der Waals surface area contributed by atoms with Gasteiger partial charge in [0.1, 0.15) is 6.61 Å². The predicted molar refractivity (Wildman–Crippen MR) is 62.5 cm³/mol. The van der Waals surface area contributed by atoms with Crippen molar-refractivity contribution in [1.82, 2.24) is 4.98 Å². The van der Waals surface area contributed by atoms with Crippen molar-refractivity contribution in [2.45, 2.75) is 6.04 Å². The maximum Gasteiger partial charge on any atom is 0.169 e. The second kappa shape index (κ2) is 3.85. The molecule has 3 nitrogen and oxygen atoms in total. The zero-order valence-corrected chi connectivity index (χ0v) is 8.76. The lowest BCUT2D eigenvalue weighted by Crippen LogP contribution is -2.24. The van der Waals surface area contributed by atoms with Crippen molar-refractivity contribution in [1.29, 1.82) is 0 Å². The largest absolute Gasteiger partial charge is 0.487 e. The molecule has 0 aliphatic carbocycles. The molecule has 1 N–H and O–H groups in total. The van der Waals surface area contributed by atoms with Crippen molar-refractivity contribution in [2.75, 3.05) is 11.9 Å². The number of rotatable bonds is 1. The van der Waals surface area contributed by atoms with Crippen molar-refractivity contribution in [2.24, 2.45) is 0 Å². The maximum atomic E-state index is 5.67. The van der Waals surface area contributed by atoms with Gasteiger partial charge in [0, 0.05) is 6.20 Å². The number of nitrogens with one attached hydrogen (secondary N) is 1. The predicted octanol–water partition coefficient (Wildman–Crippen LogP) is 2.63. The van der Waals surface area contributed by atoms with Gasteiger partial charge in [-0.05, 0) is 17.7 Å². The van der Waals surface area contributed by atoms with Crippen molar-refractivity contribution in [3.8, 4) is 5.75 Å². The van der Waals surface area contributed by atoms with Crippen LogP contribution in [0.15, 0.2) is 48.7 Å². The smallest absolute Gasteiger partial charge is 0.169 e. The Morgan fingerprint density at radius 1 is 1.12 bits per heavy atom. The highest BCUT2D eigenvalue weighted by molar-refractivity contribution is 5.53. The highest BCUT2D eigenvalue weighted by atomic mass is 16.5. The van der Waals surface area contributed by atoms with Crippen LogP contribution in [0.25, 0.3) is 0 Å². The molecule has 80 valence electrons. The van der Waals surface area contributed by atoms with Crippen LogP contribution in [-0.4, -0.2) is 11.6 Å². The first kappa shape index (κ1) is 9.21. The van der Waals surface area contributed by atoms with E-state index in [1.54, 1.807) is 6.20 Å². The van der Waals surface area contributed by atoms with Crippen LogP contribution in [0.5, 0.6) is 5.75 Å². The van der Waals surface area contributed by atoms with Crippen LogP contribution < -0.4 is 10.1 Å². The minimum absolute atomic E-state index is 0.184. The van der Waals surface area contributed by atoms with Crippen molar-refractivity contribution < 1.29 is 4.74 Å². The zero-order valence-electron chi connectivity index (χ0n) is 8.76. The van der Waals surface area contributed by atoms with Crippen LogP contribution in [0.4, 0.5) is 5.82 Å². The van der Waals surface area contributed by atoms with Gasteiger partial charge < -0.3 is 10.1 Å². The van der Waals surface area contributed by atoms with Gasteiger partial charge in [0.2, 0.25) is 0 Å². The monoisotopic (exact) mass is 212 g/mol. The first-order valence-electron chi connectivity index (χ1n) is 5.33. The van der Waals surface area contributed by atoms with Crippen molar-refractivity contribution in [3.05, 3.63) is 54.2 Å². The summed E-state index contributed by atoms with van der Waals surface area (Å²) < 4.78 is 5.67. The van der Waals surface area contributed by atoms with E-state index in [1.165, 1.54) is 5.56 Å². The fourth-order valence-corrected chi connectivity index (χ4v) is 1.86. The topological polar surface area (TPSA) is 34.1 Å². The second-order valence-corrected chi connectivity index (χ2v) is 3.77. The van der Waals surface area contributed by atoms with E-state index in [9.17, 15) is 0 Å². The molecular weight excluding hydrogens is 200 g/mol. The Kier molecular flexibility index (Phi) is 2.22. The van der Waals surface area contributed by atoms with Gasteiger partial charge >= 0.3 is 0 Å². The van der Waals surface area contributed by atoms with E-state index in [0.717, 1.165) is 11.6 Å². The third kappa shape index (κ3) is 1.60. The summed E-state index contributed by atoms with van der Waals surface area (Å²) in [6.07, 6.45) is 1.77. The summed E-state index contributed by atoms with van der Waals surface area (Å²) in [5.74, 6) is 1.65. The molecule has 1 aromatic carbocycles. The molecule has 1 atom stereocenters. The van der Waals surface area contributed by atoms with Crippen LogP contribution in [0.2, 0.25) is 0 Å². The number of aromatic nitrogens is 1. The van der Waals surface area contributed by atoms with E-state index in [0.29, 0.717) is 6.61 Å². The number of fused-ring (bicyclic) bond motifs is 1. The van der Waals surface area contributed by atoms with Gasteiger partial charge in [-0.25, -0.2) is 4.98 Å². The van der Waals surface area contributed by atoms with Crippen LogP contribution in [0, 0.1) is 0 Å². The molecule has 2 heterocycles. The number of hydrogen-bond acceptors (Lipinski definition) is 3. The summed E-state index contributed by atoms with van der Waals surface area (Å²) in [5.41, 5.74) is 1.22. The van der Waals surface area contributed by atoms with E-state index in [4.69, 9.17) is 4.74 Å². The lowest BCUT2D eigenvalue weighted by molar-refractivity contribution is 0.284. The van der Waals surface area contributed by atoms with Crippen LogP contribution >= 0.6 is 0 Å². The Morgan fingerprint density at radius 3 is 2.88 bits per heavy atom. The second-order valence-electron chi connectivity index (χ2n) is 3.77. The summed E-state index contributed by atoms with van der Waals surface area (Å²) >= 11 is 0. The fourth-order valence-electron chi connectivity index (χ4n) is 1.86. The average Bonchev–Trinajstić information content (AvgIpc) is 2.39. The molecule has 0 amide bonds. The summed E-state index contributed by atoms with van der Waals surface area (Å²) in [6, 6.07) is 14.3. The van der Waals surface area contributed by atoms with Gasteiger partial charge in [0.05, 0.1) is 6.04 Å². The third-order valence-electron chi connectivity index (χ3n) is 2.69. The SMILES string of the molecule is c1ccc(C2COc3cccnc3N2)cc1. The van der Waals surface area contributed by atoms with Crippen molar-refractivity contribution >= 4 is 5.82 Å². The molecule has 1 aliphatic rings. The average molecular weight is 212 g/mol. The molecule has 3 heteroatoms. The number of pyridine rings is 1. The summed E-state index contributed by atoms with van der Waals surface area (Å²) in [4.78, 5) is 4.26. The molecule has 1 unspecified atom stereocenters. The Labute approximate surface area is 94.1 Å². The number of nitrogens with zero attached hydrogens (tertiary/aromatic N) is 1. The van der Waals surface area contributed by atoms with Crippen LogP contribution in [-0.2, 0) is 0 Å². The highest BCUT2D eigenvalue weighted by Crippen LogP contribution is 2.31. The minimum Gasteiger partial charge on any atom is -0.487 e. The normalized spacial score (nSPS) is 18.1. The Morgan fingerprint density at radius 2 is 2.00 bits per heavy atom. The molecule has 0 fully saturated rings. The van der Waals surface area contributed by atoms with E-state index in [2.05, 4.69) is 22.4 Å². The van der Waals surface area contributed by atoms with Crippen LogP contribution in [0.1, 0.15) is 11.6 Å². The third-order valence-corrected chi connectivity index (χ3v) is 2.69. The van der Waals surface area contributed by atoms with Gasteiger partial charge in [-0.2, -0.15) is 0 Å². The molecule has 3 rings (SSSR count). The lowest BCUT2D eigenvalue weighted by Gasteiger charge is -2.26. The van der Waals surface area contributed by atoms with E-state index in [-0.39, 0.29) is 6.04 Å². The molecular formula is C13H12N2O. The molecule has 2 aromatic rings. The molecule has 0 bridgehead atoms. The van der Waals surface area contributed by atoms with Gasteiger partial charge in [-0.1, -0.05) is 30.3 Å². The number of ether oxygens (including phenoxy) is 1. The van der Waals surface area contributed by atoms with Gasteiger partial charge in [-0.15, -0.1) is 0 Å². The lowest BCUT2D eigenvalue weighted by atomic mass is 10.1. The first-order chi connectivity index (χ1) is 7.93. The minimum atomic E-state index is 0.184. The first-order valence-corrected chi connectivity index (χ1v) is 5.33. The molecule has 1 aliphatic heterocycles. The van der Waals surface area contributed by atoms with Crippen molar-refractivity contribution in [3.63, 3.8) is 0 Å². The number of benzene rings is 1. The molecule has 16 heavy (non-hydrogen) atoms. The summed E-state index contributed by atoms with van der Waals surface area (Å²) in [5, 5.41) is 3.38. The summed E-state index contributed by atoms with van der Waals surface area (Å²) in [6.45, 7) is 0.642. The quantitative estimate of drug-likeness (QED) is 0.789. The number of hydrogen-bond donors (Lipinski definition) is 1. The highest BCUT2D eigenvalue weighted by Gasteiger charge is 2.20. The van der Waals surface area contributed by atoms with Gasteiger partial charge in [-0.3, -0.25) is 0 Å². The summed E-state index contributed by atoms with van der Waals surface area (Å²) in [7, 11) is 0. The van der Waals surface area contributed by atoms with Gasteiger partial charge in [0.15, 0.2) is 11.6 Å². The Bertz CT molecular complexity index is 484. The zero-order chi connectivity index (χ0) is 10.8. The Hall–Kier alpha value is -2.03.